The lowest BCUT2D eigenvalue weighted by Crippen LogP contribution is -2.39. The summed E-state index contributed by atoms with van der Waals surface area (Å²) in [5.74, 6) is -0.0747. The fourth-order valence-electron chi connectivity index (χ4n) is 2.35. The van der Waals surface area contributed by atoms with E-state index < -0.39 is 6.16 Å². The Hall–Kier alpha value is -2.29. The lowest BCUT2D eigenvalue weighted by atomic mass is 10.0. The average molecular weight is 414 g/mol. The summed E-state index contributed by atoms with van der Waals surface area (Å²) >= 11 is 0. The molecule has 2 rings (SSSR count). The average Bonchev–Trinajstić information content (AvgIpc) is 2.96. The van der Waals surface area contributed by atoms with Crippen molar-refractivity contribution >= 4 is 35.2 Å². The second-order valence-corrected chi connectivity index (χ2v) is 7.59. The number of nitrogens with zero attached hydrogens (tertiary/aromatic N) is 1. The first-order chi connectivity index (χ1) is 12.6. The molecule has 0 spiro atoms. The van der Waals surface area contributed by atoms with Crippen LogP contribution < -0.4 is 10.1 Å². The lowest BCUT2D eigenvalue weighted by Gasteiger charge is -2.19. The van der Waals surface area contributed by atoms with Crippen LogP contribution in [0.4, 0.5) is 4.79 Å². The maximum atomic E-state index is 12.6. The highest BCUT2D eigenvalue weighted by atomic mass is 35.5. The number of halogens is 1. The Morgan fingerprint density at radius 3 is 2.54 bits per heavy atom. The number of aromatic nitrogens is 1. The molecule has 0 aliphatic heterocycles. The lowest BCUT2D eigenvalue weighted by molar-refractivity contribution is 0.0915. The molecule has 3 N–H and O–H groups in total. The molecule has 28 heavy (non-hydrogen) atoms. The first-order valence-corrected chi connectivity index (χ1v) is 8.69. The monoisotopic (exact) mass is 413 g/mol. The molecule has 8 nitrogen and oxygen atoms in total. The highest BCUT2D eigenvalue weighted by Crippen LogP contribution is 2.31. The number of phenols is 1. The predicted octanol–water partition coefficient (Wildman–Crippen LogP) is 2.94. The van der Waals surface area contributed by atoms with Crippen LogP contribution in [0.25, 0.3) is 10.9 Å². The smallest absolute Gasteiger partial charge is 0.506 e. The number of rotatable bonds is 7. The Bertz CT molecular complexity index is 827. The molecular formula is C19H28ClN3O5. The predicted molar refractivity (Wildman–Crippen MR) is 110 cm³/mol. The van der Waals surface area contributed by atoms with E-state index in [1.54, 1.807) is 6.07 Å². The minimum Gasteiger partial charge on any atom is -0.506 e. The SMILES string of the molecule is CN(C)CCOC(=O)Oc1cc2c(C(=O)CNC(C)(C)C)ccc(O)c2[nH]1.Cl. The van der Waals surface area contributed by atoms with Crippen molar-refractivity contribution in [1.29, 1.82) is 0 Å². The Balaban J connectivity index is 0.00000392. The number of hydrogen-bond acceptors (Lipinski definition) is 7. The third-order valence-corrected chi connectivity index (χ3v) is 3.78. The number of aromatic amines is 1. The molecule has 1 aromatic heterocycles. The van der Waals surface area contributed by atoms with Gasteiger partial charge in [0.2, 0.25) is 5.88 Å². The van der Waals surface area contributed by atoms with E-state index in [9.17, 15) is 14.7 Å². The molecule has 0 fully saturated rings. The van der Waals surface area contributed by atoms with Gasteiger partial charge in [-0.2, -0.15) is 0 Å². The van der Waals surface area contributed by atoms with Gasteiger partial charge in [0, 0.05) is 29.1 Å². The van der Waals surface area contributed by atoms with Crippen LogP contribution in [0.3, 0.4) is 0 Å². The molecule has 0 unspecified atom stereocenters. The molecule has 0 saturated heterocycles. The molecule has 0 radical (unpaired) electrons. The van der Waals surface area contributed by atoms with Crippen LogP contribution >= 0.6 is 12.4 Å². The zero-order valence-electron chi connectivity index (χ0n) is 16.8. The number of benzene rings is 1. The third kappa shape index (κ3) is 6.70. The minimum atomic E-state index is -0.856. The number of nitrogens with one attached hydrogen (secondary N) is 2. The summed E-state index contributed by atoms with van der Waals surface area (Å²) in [6.45, 7) is 6.82. The Morgan fingerprint density at radius 1 is 1.25 bits per heavy atom. The first-order valence-electron chi connectivity index (χ1n) is 8.69. The number of phenolic OH excluding ortho intramolecular Hbond substituents is 1. The maximum absolute atomic E-state index is 12.6. The van der Waals surface area contributed by atoms with Gasteiger partial charge in [-0.05, 0) is 47.0 Å². The van der Waals surface area contributed by atoms with E-state index in [1.807, 2.05) is 39.8 Å². The number of likely N-dealkylation sites (N-methyl/N-ethyl adjacent to an activating group) is 1. The maximum Gasteiger partial charge on any atom is 0.515 e. The molecule has 1 heterocycles. The number of ketones is 1. The standard InChI is InChI=1S/C19H27N3O5.ClH/c1-19(2,3)20-11-15(24)12-6-7-14(23)17-13(12)10-16(21-17)27-18(25)26-9-8-22(4)5;/h6-7,10,20-21,23H,8-9,11H2,1-5H3;1H. The van der Waals surface area contributed by atoms with Crippen molar-refractivity contribution in [1.82, 2.24) is 15.2 Å². The zero-order valence-corrected chi connectivity index (χ0v) is 17.6. The third-order valence-electron chi connectivity index (χ3n) is 3.78. The van der Waals surface area contributed by atoms with E-state index in [1.165, 1.54) is 12.1 Å². The highest BCUT2D eigenvalue weighted by molar-refractivity contribution is 6.10. The molecule has 0 saturated carbocycles. The molecule has 0 aliphatic rings. The van der Waals surface area contributed by atoms with Crippen molar-refractivity contribution in [2.24, 2.45) is 0 Å². The van der Waals surface area contributed by atoms with E-state index in [0.29, 0.717) is 23.0 Å². The molecule has 2 aromatic rings. The summed E-state index contributed by atoms with van der Waals surface area (Å²) in [6.07, 6.45) is -0.856. The molecule has 1 aromatic carbocycles. The second kappa shape index (κ2) is 9.77. The number of carbonyl (C=O) groups excluding carboxylic acids is 2. The van der Waals surface area contributed by atoms with Crippen LogP contribution in [0, 0.1) is 0 Å². The van der Waals surface area contributed by atoms with Crippen LogP contribution in [0.5, 0.6) is 11.6 Å². The number of ether oxygens (including phenoxy) is 2. The summed E-state index contributed by atoms with van der Waals surface area (Å²) in [7, 11) is 3.73. The highest BCUT2D eigenvalue weighted by Gasteiger charge is 2.19. The van der Waals surface area contributed by atoms with E-state index in [0.717, 1.165) is 0 Å². The fraction of sp³-hybridized carbons (Fsp3) is 0.474. The van der Waals surface area contributed by atoms with E-state index >= 15 is 0 Å². The van der Waals surface area contributed by atoms with Crippen LogP contribution in [-0.2, 0) is 4.74 Å². The zero-order chi connectivity index (χ0) is 20.2. The van der Waals surface area contributed by atoms with Crippen molar-refractivity contribution in [2.45, 2.75) is 26.3 Å². The summed E-state index contributed by atoms with van der Waals surface area (Å²) in [4.78, 5) is 29.0. The summed E-state index contributed by atoms with van der Waals surface area (Å²) in [5, 5.41) is 13.7. The number of carbonyl (C=O) groups is 2. The van der Waals surface area contributed by atoms with Crippen molar-refractivity contribution in [3.8, 4) is 11.6 Å². The first kappa shape index (κ1) is 23.7. The normalized spacial score (nSPS) is 11.4. The fourth-order valence-corrected chi connectivity index (χ4v) is 2.35. The van der Waals surface area contributed by atoms with Crippen molar-refractivity contribution in [3.63, 3.8) is 0 Å². The molecule has 0 aliphatic carbocycles. The molecule has 0 bridgehead atoms. The van der Waals surface area contributed by atoms with Crippen LogP contribution in [0.1, 0.15) is 31.1 Å². The number of Topliss-reactive ketones (excluding diaryl/α,β-unsaturated/α-hetero) is 1. The summed E-state index contributed by atoms with van der Waals surface area (Å²) in [6, 6.07) is 4.49. The number of hydrogen-bond donors (Lipinski definition) is 3. The van der Waals surface area contributed by atoms with Crippen molar-refractivity contribution in [2.75, 3.05) is 33.8 Å². The molecule has 9 heteroatoms. The van der Waals surface area contributed by atoms with Gasteiger partial charge in [0.15, 0.2) is 5.78 Å². The van der Waals surface area contributed by atoms with Gasteiger partial charge in [-0.1, -0.05) is 0 Å². The number of fused-ring (bicyclic) bond motifs is 1. The number of H-pyrrole nitrogens is 1. The van der Waals surface area contributed by atoms with Crippen LogP contribution in [-0.4, -0.2) is 66.3 Å². The van der Waals surface area contributed by atoms with Gasteiger partial charge in [0.25, 0.3) is 0 Å². The molecule has 0 atom stereocenters. The van der Waals surface area contributed by atoms with Gasteiger partial charge in [-0.3, -0.25) is 4.79 Å². The van der Waals surface area contributed by atoms with Gasteiger partial charge in [0.1, 0.15) is 12.4 Å². The second-order valence-electron chi connectivity index (χ2n) is 7.59. The Kier molecular flexibility index (Phi) is 8.29. The van der Waals surface area contributed by atoms with Crippen LogP contribution in [0.15, 0.2) is 18.2 Å². The Labute approximate surface area is 170 Å². The van der Waals surface area contributed by atoms with Crippen LogP contribution in [0.2, 0.25) is 0 Å². The van der Waals surface area contributed by atoms with Gasteiger partial charge in [0.05, 0.1) is 12.1 Å². The largest absolute Gasteiger partial charge is 0.515 e. The van der Waals surface area contributed by atoms with Gasteiger partial charge < -0.3 is 29.8 Å². The van der Waals surface area contributed by atoms with Gasteiger partial charge in [-0.25, -0.2) is 4.79 Å². The topological polar surface area (TPSA) is 104 Å². The quantitative estimate of drug-likeness (QED) is 0.473. The molecular weight excluding hydrogens is 386 g/mol. The van der Waals surface area contributed by atoms with E-state index in [2.05, 4.69) is 10.3 Å². The summed E-state index contributed by atoms with van der Waals surface area (Å²) < 4.78 is 10.1. The van der Waals surface area contributed by atoms with Gasteiger partial charge in [-0.15, -0.1) is 12.4 Å². The minimum absolute atomic E-state index is 0. The number of aromatic hydroxyl groups is 1. The van der Waals surface area contributed by atoms with Crippen molar-refractivity contribution < 1.29 is 24.2 Å². The van der Waals surface area contributed by atoms with Gasteiger partial charge >= 0.3 is 6.16 Å². The molecule has 156 valence electrons. The van der Waals surface area contributed by atoms with E-state index in [4.69, 9.17) is 9.47 Å². The van der Waals surface area contributed by atoms with E-state index in [-0.39, 0.29) is 48.5 Å². The Morgan fingerprint density at radius 2 is 1.93 bits per heavy atom. The summed E-state index contributed by atoms with van der Waals surface area (Å²) in [5.41, 5.74) is 0.549. The molecule has 0 amide bonds. The van der Waals surface area contributed by atoms with Crippen molar-refractivity contribution in [3.05, 3.63) is 23.8 Å².